The van der Waals surface area contributed by atoms with Gasteiger partial charge in [-0.25, -0.2) is 0 Å². The van der Waals surface area contributed by atoms with E-state index in [9.17, 15) is 29.4 Å². The van der Waals surface area contributed by atoms with Crippen LogP contribution in [0, 0.1) is 11.8 Å². The van der Waals surface area contributed by atoms with E-state index in [1.54, 1.807) is 41.5 Å². The van der Waals surface area contributed by atoms with Crippen molar-refractivity contribution in [1.82, 2.24) is 0 Å². The Balaban J connectivity index is -0.000000112. The van der Waals surface area contributed by atoms with Gasteiger partial charge in [0, 0.05) is 36.6 Å². The number of carbonyl (C=O) groups is 4. The van der Waals surface area contributed by atoms with E-state index >= 15 is 0 Å². The van der Waals surface area contributed by atoms with Gasteiger partial charge in [-0.1, -0.05) is 27.7 Å². The predicted molar refractivity (Wildman–Crippen MR) is 121 cm³/mol. The zero-order valence-electron chi connectivity index (χ0n) is 22.2. The topological polar surface area (TPSA) is 155 Å². The molecule has 0 aliphatic heterocycles. The van der Waals surface area contributed by atoms with Crippen LogP contribution in [-0.2, 0) is 40.9 Å². The molecule has 0 aromatic carbocycles. The summed E-state index contributed by atoms with van der Waals surface area (Å²) >= 11 is 0. The van der Waals surface area contributed by atoms with Gasteiger partial charge in [0.15, 0.2) is 0 Å². The summed E-state index contributed by atoms with van der Waals surface area (Å²) in [6.07, 6.45) is 1.97. The van der Waals surface area contributed by atoms with E-state index in [2.05, 4.69) is 0 Å². The summed E-state index contributed by atoms with van der Waals surface area (Å²) in [5, 5.41) is 37.1. The van der Waals surface area contributed by atoms with Gasteiger partial charge in [-0.3, -0.25) is 9.59 Å². The van der Waals surface area contributed by atoms with Crippen molar-refractivity contribution in [3.63, 3.8) is 0 Å². The molecular formula is C24H46O8Ti. The summed E-state index contributed by atoms with van der Waals surface area (Å²) in [6, 6.07) is 0. The van der Waals surface area contributed by atoms with Gasteiger partial charge in [0.05, 0.1) is 11.2 Å². The Morgan fingerprint density at radius 2 is 0.758 bits per heavy atom. The van der Waals surface area contributed by atoms with Crippen LogP contribution in [0.2, 0.25) is 0 Å². The van der Waals surface area contributed by atoms with Crippen LogP contribution in [0.3, 0.4) is 0 Å². The van der Waals surface area contributed by atoms with Gasteiger partial charge in [0.25, 0.3) is 0 Å². The molecular weight excluding hydrogens is 464 g/mol. The first-order valence-electron chi connectivity index (χ1n) is 11.1. The zero-order valence-corrected chi connectivity index (χ0v) is 23.8. The molecule has 0 unspecified atom stereocenters. The molecule has 0 saturated carbocycles. The molecule has 0 aromatic rings. The van der Waals surface area contributed by atoms with Crippen LogP contribution in [-0.4, -0.2) is 44.9 Å². The van der Waals surface area contributed by atoms with E-state index in [4.69, 9.17) is 10.2 Å². The Hall–Kier alpha value is -1.09. The second-order valence-electron chi connectivity index (χ2n) is 9.40. The summed E-state index contributed by atoms with van der Waals surface area (Å²) in [5.41, 5.74) is -1.00. The Labute approximate surface area is 215 Å². The van der Waals surface area contributed by atoms with Crippen LogP contribution in [0.5, 0.6) is 0 Å². The van der Waals surface area contributed by atoms with Crippen LogP contribution < -0.4 is 10.2 Å². The smallest absolute Gasteiger partial charge is 0.550 e. The largest absolute Gasteiger partial charge is 2.00 e. The maximum atomic E-state index is 11.0. The minimum absolute atomic E-state index is 0. The van der Waals surface area contributed by atoms with Gasteiger partial charge in [-0.15, -0.1) is 0 Å². The van der Waals surface area contributed by atoms with E-state index in [-0.39, 0.29) is 45.1 Å². The third-order valence-corrected chi connectivity index (χ3v) is 3.52. The number of carboxylic acid groups (broad SMARTS) is 2. The molecule has 0 spiro atoms. The molecule has 0 bridgehead atoms. The Morgan fingerprint density at radius 1 is 0.606 bits per heavy atom. The van der Waals surface area contributed by atoms with Crippen molar-refractivity contribution in [2.45, 2.75) is 119 Å². The van der Waals surface area contributed by atoms with Crippen LogP contribution in [0.1, 0.15) is 108 Å². The number of carboxylic acids is 2. The van der Waals surface area contributed by atoms with Crippen LogP contribution in [0.25, 0.3) is 0 Å². The summed E-state index contributed by atoms with van der Waals surface area (Å²) in [5.74, 6) is -3.19. The molecule has 0 amide bonds. The fourth-order valence-electron chi connectivity index (χ4n) is 2.06. The molecule has 194 valence electrons. The van der Waals surface area contributed by atoms with E-state index in [1.807, 2.05) is 27.7 Å². The number of aliphatic carboxylic acids is 2. The molecule has 0 fully saturated rings. The third kappa shape index (κ3) is 49.2. The number of ketones is 2. The average Bonchev–Trinajstić information content (AvgIpc) is 2.53. The first-order valence-corrected chi connectivity index (χ1v) is 11.1. The number of hydrogen-bond donors (Lipinski definition) is 2. The van der Waals surface area contributed by atoms with E-state index in [0.717, 1.165) is 0 Å². The summed E-state index contributed by atoms with van der Waals surface area (Å²) in [4.78, 5) is 42.0. The van der Waals surface area contributed by atoms with Crippen molar-refractivity contribution < 1.29 is 61.3 Å². The van der Waals surface area contributed by atoms with E-state index < -0.39 is 36.0 Å². The first kappa shape index (κ1) is 42.1. The number of Topliss-reactive ketones (excluding diaryl/α,β-unsaturated/α-hetero) is 2. The fourth-order valence-corrected chi connectivity index (χ4v) is 2.06. The second-order valence-corrected chi connectivity index (χ2v) is 9.40. The Bertz CT molecular complexity index is 466. The van der Waals surface area contributed by atoms with Crippen molar-refractivity contribution in [1.29, 1.82) is 0 Å². The molecule has 0 heterocycles. The minimum atomic E-state index is -1.28. The number of hydrogen-bond acceptors (Lipinski definition) is 8. The zero-order chi connectivity index (χ0) is 26.7. The average molecular weight is 510 g/mol. The molecule has 2 N–H and O–H groups in total. The Morgan fingerprint density at radius 3 is 0.848 bits per heavy atom. The predicted octanol–water partition coefficient (Wildman–Crippen LogP) is 1.82. The quantitative estimate of drug-likeness (QED) is 0.333. The maximum Gasteiger partial charge on any atom is 2.00 e. The Kier molecular flexibility index (Phi) is 29.0. The third-order valence-electron chi connectivity index (χ3n) is 3.52. The maximum absolute atomic E-state index is 11.0. The molecule has 0 radical (unpaired) electrons. The summed E-state index contributed by atoms with van der Waals surface area (Å²) in [7, 11) is 0. The van der Waals surface area contributed by atoms with E-state index in [1.165, 1.54) is 0 Å². The summed E-state index contributed by atoms with van der Waals surface area (Å²) < 4.78 is 0. The molecule has 8 nitrogen and oxygen atoms in total. The number of carbonyl (C=O) groups excluding carboxylic acids is 4. The second kappa shape index (κ2) is 22.7. The van der Waals surface area contributed by atoms with Crippen molar-refractivity contribution in [2.24, 2.45) is 11.8 Å². The number of aliphatic hydroxyl groups is 2. The van der Waals surface area contributed by atoms with Gasteiger partial charge in [-0.05, 0) is 67.2 Å². The molecule has 0 aliphatic rings. The van der Waals surface area contributed by atoms with Gasteiger partial charge in [0.2, 0.25) is 0 Å². The van der Waals surface area contributed by atoms with Crippen molar-refractivity contribution >= 4 is 23.5 Å². The minimum Gasteiger partial charge on any atom is -0.550 e. The molecule has 0 aromatic heterocycles. The van der Waals surface area contributed by atoms with Crippen molar-refractivity contribution in [3.05, 3.63) is 0 Å². The summed E-state index contributed by atoms with van der Waals surface area (Å²) in [6.45, 7) is 18.0. The molecule has 0 rings (SSSR count). The fraction of sp³-hybridized carbons (Fsp3) is 0.833. The van der Waals surface area contributed by atoms with Gasteiger partial charge in [0.1, 0.15) is 11.6 Å². The van der Waals surface area contributed by atoms with Crippen LogP contribution in [0.15, 0.2) is 0 Å². The van der Waals surface area contributed by atoms with Gasteiger partial charge in [-0.2, -0.15) is 0 Å². The SMILES string of the molecule is CC(C)(C)O.CC(C)(C)O.CCC(CC)C(=O)CC(=O)[O-].CCC(CC)C(=O)CC(=O)[O-].[Ti+2]. The monoisotopic (exact) mass is 510 g/mol. The molecule has 0 atom stereocenters. The van der Waals surface area contributed by atoms with Gasteiger partial charge < -0.3 is 30.0 Å². The molecule has 0 saturated heterocycles. The molecule has 9 heteroatoms. The standard InChI is InChI=1S/2C8H14O3.2C4H10O.Ti/c2*1-3-6(4-2)7(9)5-8(10)11;2*1-4(2,3)5;/h2*6H,3-5H2,1-2H3,(H,10,11);2*5H,1-3H3;/q;;;;+2/p-2. The normalized spacial score (nSPS) is 10.4. The molecule has 0 aliphatic carbocycles. The first-order chi connectivity index (χ1) is 14.2. The van der Waals surface area contributed by atoms with Crippen LogP contribution in [0.4, 0.5) is 0 Å². The number of rotatable bonds is 10. The van der Waals surface area contributed by atoms with Crippen molar-refractivity contribution in [3.8, 4) is 0 Å². The molecule has 33 heavy (non-hydrogen) atoms. The van der Waals surface area contributed by atoms with Gasteiger partial charge >= 0.3 is 21.7 Å². The van der Waals surface area contributed by atoms with Crippen LogP contribution >= 0.6 is 0 Å². The van der Waals surface area contributed by atoms with Crippen molar-refractivity contribution in [2.75, 3.05) is 0 Å². The van der Waals surface area contributed by atoms with E-state index in [0.29, 0.717) is 25.7 Å².